The maximum Gasteiger partial charge on any atom is 0.336 e. The summed E-state index contributed by atoms with van der Waals surface area (Å²) < 4.78 is 10.5. The van der Waals surface area contributed by atoms with Crippen LogP contribution in [-0.4, -0.2) is 46.9 Å². The van der Waals surface area contributed by atoms with Crippen molar-refractivity contribution in [2.75, 3.05) is 13.2 Å². The van der Waals surface area contributed by atoms with Crippen molar-refractivity contribution in [3.63, 3.8) is 0 Å². The van der Waals surface area contributed by atoms with Gasteiger partial charge in [-0.1, -0.05) is 168 Å². The predicted molar refractivity (Wildman–Crippen MR) is 184 cm³/mol. The quantitative estimate of drug-likeness (QED) is 0.0532. The summed E-state index contributed by atoms with van der Waals surface area (Å²) in [6.45, 7) is 7.06. The van der Waals surface area contributed by atoms with E-state index < -0.39 is 36.4 Å². The van der Waals surface area contributed by atoms with Crippen molar-refractivity contribution in [1.29, 1.82) is 0 Å². The SMILES string of the molecule is CCCCCCCCCCCCCCCCOC(=O)CC(O)(CC(=O)OCCCC(CCCCCC)CCCCCC)C(=O)O. The van der Waals surface area contributed by atoms with Crippen LogP contribution >= 0.6 is 0 Å². The summed E-state index contributed by atoms with van der Waals surface area (Å²) in [4.78, 5) is 36.4. The first-order valence-corrected chi connectivity index (χ1v) is 19.1. The highest BCUT2D eigenvalue weighted by Gasteiger charge is 2.42. The lowest BCUT2D eigenvalue weighted by atomic mass is 9.90. The minimum Gasteiger partial charge on any atom is -0.479 e. The highest BCUT2D eigenvalue weighted by atomic mass is 16.5. The van der Waals surface area contributed by atoms with Gasteiger partial charge < -0.3 is 19.7 Å². The Morgan fingerprint density at radius 2 is 0.800 bits per heavy atom. The van der Waals surface area contributed by atoms with Gasteiger partial charge in [0, 0.05) is 0 Å². The van der Waals surface area contributed by atoms with E-state index in [0.29, 0.717) is 18.8 Å². The van der Waals surface area contributed by atoms with Gasteiger partial charge in [0.2, 0.25) is 0 Å². The molecular weight excluding hydrogens is 568 g/mol. The minimum atomic E-state index is -2.52. The molecule has 0 rings (SSSR count). The first-order valence-electron chi connectivity index (χ1n) is 19.1. The molecule has 0 radical (unpaired) electrons. The van der Waals surface area contributed by atoms with Crippen LogP contribution in [0.5, 0.6) is 0 Å². The highest BCUT2D eigenvalue weighted by Crippen LogP contribution is 2.24. The summed E-state index contributed by atoms with van der Waals surface area (Å²) in [6, 6.07) is 0. The fraction of sp³-hybridized carbons (Fsp3) is 0.921. The number of carbonyl (C=O) groups excluding carboxylic acids is 2. The molecule has 0 fully saturated rings. The number of carbonyl (C=O) groups is 3. The molecule has 0 saturated carbocycles. The molecule has 0 heterocycles. The van der Waals surface area contributed by atoms with Gasteiger partial charge in [0.25, 0.3) is 0 Å². The van der Waals surface area contributed by atoms with Crippen molar-refractivity contribution >= 4 is 17.9 Å². The van der Waals surface area contributed by atoms with Gasteiger partial charge in [0.1, 0.15) is 0 Å². The molecule has 0 saturated heterocycles. The second kappa shape index (κ2) is 31.0. The smallest absolute Gasteiger partial charge is 0.336 e. The summed E-state index contributed by atoms with van der Waals surface area (Å²) in [5.74, 6) is -2.62. The van der Waals surface area contributed by atoms with E-state index in [2.05, 4.69) is 20.8 Å². The molecule has 0 spiro atoms. The largest absolute Gasteiger partial charge is 0.479 e. The lowest BCUT2D eigenvalue weighted by molar-refractivity contribution is -0.173. The standard InChI is InChI=1S/C38H72O7/c1-4-7-10-13-14-15-16-17-18-19-20-21-22-25-30-44-35(39)32-38(43,37(41)42)33-36(40)45-31-26-29-34(27-23-11-8-5-2)28-24-12-9-6-3/h34,43H,4-33H2,1-3H3,(H,41,42). The Bertz CT molecular complexity index is 698. The molecule has 1 unspecified atom stereocenters. The fourth-order valence-electron chi connectivity index (χ4n) is 5.99. The Labute approximate surface area is 277 Å². The van der Waals surface area contributed by atoms with Crippen LogP contribution in [0.3, 0.4) is 0 Å². The molecule has 0 aliphatic carbocycles. The van der Waals surface area contributed by atoms with E-state index in [1.54, 1.807) is 0 Å². The number of esters is 2. The number of ether oxygens (including phenoxy) is 2. The van der Waals surface area contributed by atoms with Gasteiger partial charge in [-0.3, -0.25) is 9.59 Å². The lowest BCUT2D eigenvalue weighted by Gasteiger charge is -2.21. The molecule has 0 bridgehead atoms. The second-order valence-corrected chi connectivity index (χ2v) is 13.4. The average molecular weight is 641 g/mol. The Hall–Kier alpha value is -1.63. The van der Waals surface area contributed by atoms with Gasteiger partial charge >= 0.3 is 17.9 Å². The lowest BCUT2D eigenvalue weighted by Crippen LogP contribution is -2.43. The molecule has 0 aliphatic rings. The number of hydrogen-bond acceptors (Lipinski definition) is 6. The van der Waals surface area contributed by atoms with Crippen LogP contribution in [0.25, 0.3) is 0 Å². The highest BCUT2D eigenvalue weighted by molar-refractivity contribution is 5.89. The fourth-order valence-corrected chi connectivity index (χ4v) is 5.99. The normalized spacial score (nSPS) is 12.7. The first-order chi connectivity index (χ1) is 21.8. The third-order valence-electron chi connectivity index (χ3n) is 8.98. The van der Waals surface area contributed by atoms with Crippen LogP contribution in [0.15, 0.2) is 0 Å². The van der Waals surface area contributed by atoms with Gasteiger partial charge in [0.05, 0.1) is 26.1 Å². The zero-order chi connectivity index (χ0) is 33.4. The zero-order valence-corrected chi connectivity index (χ0v) is 29.7. The number of aliphatic hydroxyl groups is 1. The Morgan fingerprint density at radius 1 is 0.489 bits per heavy atom. The predicted octanol–water partition coefficient (Wildman–Crippen LogP) is 10.5. The monoisotopic (exact) mass is 641 g/mol. The van der Waals surface area contributed by atoms with E-state index in [1.807, 2.05) is 0 Å². The average Bonchev–Trinajstić information content (AvgIpc) is 3.00. The van der Waals surface area contributed by atoms with Gasteiger partial charge in [-0.25, -0.2) is 4.79 Å². The van der Waals surface area contributed by atoms with Crippen molar-refractivity contribution in [2.45, 2.75) is 206 Å². The number of unbranched alkanes of at least 4 members (excludes halogenated alkanes) is 19. The molecule has 1 atom stereocenters. The van der Waals surface area contributed by atoms with Crippen molar-refractivity contribution in [3.8, 4) is 0 Å². The van der Waals surface area contributed by atoms with Gasteiger partial charge in [-0.15, -0.1) is 0 Å². The summed E-state index contributed by atoms with van der Waals surface area (Å²) in [7, 11) is 0. The Kier molecular flexibility index (Phi) is 29.9. The number of carboxylic acids is 1. The maximum atomic E-state index is 12.4. The zero-order valence-electron chi connectivity index (χ0n) is 29.7. The molecule has 0 amide bonds. The van der Waals surface area contributed by atoms with Crippen LogP contribution in [0.4, 0.5) is 0 Å². The van der Waals surface area contributed by atoms with Crippen LogP contribution in [0.1, 0.15) is 201 Å². The summed E-state index contributed by atoms with van der Waals surface area (Å²) >= 11 is 0. The number of carboxylic acid groups (broad SMARTS) is 1. The van der Waals surface area contributed by atoms with Crippen LogP contribution in [0, 0.1) is 5.92 Å². The van der Waals surface area contributed by atoms with Crippen LogP contribution in [-0.2, 0) is 23.9 Å². The Balaban J connectivity index is 4.15. The Morgan fingerprint density at radius 3 is 1.18 bits per heavy atom. The molecule has 0 aromatic heterocycles. The summed E-state index contributed by atoms with van der Waals surface area (Å²) in [6.07, 6.45) is 29.7. The molecular formula is C38H72O7. The number of hydrogen-bond donors (Lipinski definition) is 2. The first kappa shape index (κ1) is 43.4. The van der Waals surface area contributed by atoms with Crippen LogP contribution < -0.4 is 0 Å². The van der Waals surface area contributed by atoms with Crippen molar-refractivity contribution in [1.82, 2.24) is 0 Å². The van der Waals surface area contributed by atoms with E-state index in [1.165, 1.54) is 135 Å². The molecule has 2 N–H and O–H groups in total. The molecule has 0 aromatic carbocycles. The maximum absolute atomic E-state index is 12.4. The topological polar surface area (TPSA) is 110 Å². The van der Waals surface area contributed by atoms with Gasteiger partial charge in [0.15, 0.2) is 5.60 Å². The van der Waals surface area contributed by atoms with E-state index >= 15 is 0 Å². The van der Waals surface area contributed by atoms with E-state index in [4.69, 9.17) is 9.47 Å². The molecule has 0 aromatic rings. The molecule has 45 heavy (non-hydrogen) atoms. The molecule has 0 aliphatic heterocycles. The van der Waals surface area contributed by atoms with Crippen molar-refractivity contribution in [2.24, 2.45) is 5.92 Å². The third-order valence-corrected chi connectivity index (χ3v) is 8.98. The van der Waals surface area contributed by atoms with E-state index in [-0.39, 0.29) is 13.2 Å². The summed E-state index contributed by atoms with van der Waals surface area (Å²) in [5, 5.41) is 20.1. The van der Waals surface area contributed by atoms with E-state index in [9.17, 15) is 24.6 Å². The van der Waals surface area contributed by atoms with Crippen molar-refractivity contribution in [3.05, 3.63) is 0 Å². The molecule has 266 valence electrons. The van der Waals surface area contributed by atoms with Gasteiger partial charge in [-0.2, -0.15) is 0 Å². The molecule has 7 heteroatoms. The minimum absolute atomic E-state index is 0.190. The summed E-state index contributed by atoms with van der Waals surface area (Å²) in [5.41, 5.74) is -2.52. The van der Waals surface area contributed by atoms with E-state index in [0.717, 1.165) is 19.3 Å². The molecule has 7 nitrogen and oxygen atoms in total. The number of aliphatic carboxylic acids is 1. The van der Waals surface area contributed by atoms with Crippen LogP contribution in [0.2, 0.25) is 0 Å². The van der Waals surface area contributed by atoms with Gasteiger partial charge in [-0.05, 0) is 25.2 Å². The second-order valence-electron chi connectivity index (χ2n) is 13.4. The third kappa shape index (κ3) is 27.2. The van der Waals surface area contributed by atoms with Crippen molar-refractivity contribution < 1.29 is 34.1 Å². The number of rotatable bonds is 34.